The first-order valence-corrected chi connectivity index (χ1v) is 24.0. The average molecular weight is 930 g/mol. The number of aliphatic hydroxyl groups excluding tert-OH is 1. The van der Waals surface area contributed by atoms with Gasteiger partial charge in [0.2, 0.25) is 0 Å². The fourth-order valence-corrected chi connectivity index (χ4v) is 9.09. The van der Waals surface area contributed by atoms with Crippen LogP contribution in [-0.4, -0.2) is 103 Å². The van der Waals surface area contributed by atoms with Gasteiger partial charge in [0.25, 0.3) is 0 Å². The van der Waals surface area contributed by atoms with E-state index in [2.05, 4.69) is 13.8 Å². The Morgan fingerprint density at radius 2 is 1.18 bits per heavy atom. The maximum atomic E-state index is 13.1. The van der Waals surface area contributed by atoms with E-state index in [1.54, 1.807) is 38.1 Å². The lowest BCUT2D eigenvalue weighted by Crippen LogP contribution is -2.46. The van der Waals surface area contributed by atoms with Crippen LogP contribution >= 0.6 is 0 Å². The molecule has 14 nitrogen and oxygen atoms in total. The van der Waals surface area contributed by atoms with Crippen molar-refractivity contribution in [3.63, 3.8) is 0 Å². The van der Waals surface area contributed by atoms with Crippen molar-refractivity contribution in [2.24, 2.45) is 33.3 Å². The molecule has 0 amide bonds. The number of aryl methyl sites for hydroxylation is 1. The number of ketones is 4. The van der Waals surface area contributed by atoms with Gasteiger partial charge >= 0.3 is 11.9 Å². The van der Waals surface area contributed by atoms with Crippen molar-refractivity contribution >= 4 is 35.1 Å². The van der Waals surface area contributed by atoms with E-state index in [0.29, 0.717) is 63.3 Å². The number of Topliss-reactive ketones (excluding diaryl/α,β-unsaturated/α-hetero) is 4. The van der Waals surface area contributed by atoms with Gasteiger partial charge in [-0.15, -0.1) is 0 Å². The molecule has 1 aromatic heterocycles. The van der Waals surface area contributed by atoms with Crippen molar-refractivity contribution in [1.29, 1.82) is 0 Å². The first-order valence-electron chi connectivity index (χ1n) is 24.0. The third kappa shape index (κ3) is 15.8. The zero-order chi connectivity index (χ0) is 49.3. The van der Waals surface area contributed by atoms with Gasteiger partial charge in [0.1, 0.15) is 5.92 Å². The number of benzene rings is 2. The number of carbonyl (C=O) groups is 6. The summed E-state index contributed by atoms with van der Waals surface area (Å²) in [5.74, 6) is -1.90. The maximum Gasteiger partial charge on any atom is 0.338 e. The fraction of sp³-hybridized carbons (Fsp3) is 0.604. The van der Waals surface area contributed by atoms with Gasteiger partial charge in [-0.25, -0.2) is 9.59 Å². The molecule has 2 spiro atoms. The number of aromatic nitrogens is 2. The normalized spacial score (nSPS) is 17.7. The van der Waals surface area contributed by atoms with E-state index in [0.717, 1.165) is 75.1 Å². The van der Waals surface area contributed by atoms with Crippen molar-refractivity contribution in [2.45, 2.75) is 126 Å². The van der Waals surface area contributed by atoms with Gasteiger partial charge in [0.05, 0.1) is 41.3 Å². The highest BCUT2D eigenvalue weighted by Crippen LogP contribution is 2.45. The molecule has 14 heteroatoms. The summed E-state index contributed by atoms with van der Waals surface area (Å²) in [4.78, 5) is 72.7. The van der Waals surface area contributed by atoms with Gasteiger partial charge in [-0.3, -0.25) is 23.9 Å². The Kier molecular flexibility index (Phi) is 20.8. The molecule has 3 N–H and O–H groups in total. The second-order valence-electron chi connectivity index (χ2n) is 19.9. The summed E-state index contributed by atoms with van der Waals surface area (Å²) in [5.41, 5.74) is 8.81. The number of esters is 2. The van der Waals surface area contributed by atoms with Crippen LogP contribution in [0.4, 0.5) is 0 Å². The molecule has 7 rings (SSSR count). The van der Waals surface area contributed by atoms with E-state index in [1.165, 1.54) is 0 Å². The highest BCUT2D eigenvalue weighted by atomic mass is 16.5. The molecule has 2 saturated heterocycles. The largest absolute Gasteiger partial charge is 0.462 e. The fourth-order valence-electron chi connectivity index (χ4n) is 9.09. The molecule has 368 valence electrons. The predicted octanol–water partition coefficient (Wildman–Crippen LogP) is 7.78. The molecule has 0 radical (unpaired) electrons. The number of carbonyl (C=O) groups excluding carboxylic acids is 6. The van der Waals surface area contributed by atoms with Crippen LogP contribution in [-0.2, 0) is 52.7 Å². The number of nitrogens with two attached hydrogens (primary N) is 1. The molecule has 0 atom stereocenters. The summed E-state index contributed by atoms with van der Waals surface area (Å²) in [7, 11) is 0. The molecular weight excluding hydrogens is 855 g/mol. The minimum absolute atomic E-state index is 0.00491. The van der Waals surface area contributed by atoms with Crippen molar-refractivity contribution in [2.75, 3.05) is 52.8 Å². The molecule has 3 aromatic rings. The van der Waals surface area contributed by atoms with E-state index >= 15 is 0 Å². The summed E-state index contributed by atoms with van der Waals surface area (Å²) < 4.78 is 23.7. The van der Waals surface area contributed by atoms with E-state index in [9.17, 15) is 28.8 Å². The van der Waals surface area contributed by atoms with Gasteiger partial charge < -0.3 is 29.8 Å². The Morgan fingerprint density at radius 3 is 1.61 bits per heavy atom. The van der Waals surface area contributed by atoms with Gasteiger partial charge in [0.15, 0.2) is 23.1 Å². The highest BCUT2D eigenvalue weighted by molar-refractivity contribution is 6.20. The SMILES string of the molecule is CC(C)(CCN)COC(=O)c1ccccc1.CCC(=O)C1C(=O)CC2(CCOCC2)CC1=O.CCO.CCc1nn(CC(C)(C)COC(=O)c2ccccc2)c2c1C(=O)CC1(CCOCC1)C2. The monoisotopic (exact) mass is 930 g/mol. The molecule has 2 aliphatic heterocycles. The van der Waals surface area contributed by atoms with Crippen LogP contribution in [0.25, 0.3) is 0 Å². The van der Waals surface area contributed by atoms with Crippen LogP contribution in [0, 0.1) is 27.6 Å². The second kappa shape index (κ2) is 25.5. The Bertz CT molecular complexity index is 2080. The first-order chi connectivity index (χ1) is 31.9. The standard InChI is InChI=1S/C25H32N2O4.C13H19NO2.C13H18O4.C2H6O/c1-4-19-22-20(14-25(15-21(22)28)10-12-30-13-11-25)27(26-19)16-24(2,3)17-31-23(29)18-8-6-5-7-9-18;1-13(2,8-9-14)10-16-12(15)11-6-4-3-5-7-11;1-2-9(14)12-10(15)7-13(8-11(12)16)3-5-17-6-4-13;1-2-3/h5-9H,4,10-17H2,1-3H3;3-7H,8-10,14H2,1-2H3;12H,2-8H2,1H3;3H,2H2,1H3. The number of fused-ring (bicyclic) bond motifs is 1. The smallest absolute Gasteiger partial charge is 0.338 e. The summed E-state index contributed by atoms with van der Waals surface area (Å²) in [6, 6.07) is 18.0. The van der Waals surface area contributed by atoms with Crippen LogP contribution in [0.2, 0.25) is 0 Å². The molecule has 0 bridgehead atoms. The first kappa shape index (κ1) is 54.7. The lowest BCUT2D eigenvalue weighted by Gasteiger charge is -2.40. The highest BCUT2D eigenvalue weighted by Gasteiger charge is 2.48. The van der Waals surface area contributed by atoms with E-state index in [1.807, 2.05) is 61.9 Å². The molecule has 3 heterocycles. The van der Waals surface area contributed by atoms with Crippen LogP contribution in [0.1, 0.15) is 149 Å². The molecule has 3 fully saturated rings. The third-order valence-electron chi connectivity index (χ3n) is 12.9. The molecule has 4 aliphatic rings. The van der Waals surface area contributed by atoms with Crippen molar-refractivity contribution in [3.05, 3.63) is 88.7 Å². The van der Waals surface area contributed by atoms with E-state index in [-0.39, 0.29) is 76.4 Å². The summed E-state index contributed by atoms with van der Waals surface area (Å²) in [5, 5.41) is 12.4. The second-order valence-corrected chi connectivity index (χ2v) is 19.9. The molecular formula is C53H75N3O11. The minimum atomic E-state index is -0.964. The zero-order valence-electron chi connectivity index (χ0n) is 41.0. The number of hydrogen-bond acceptors (Lipinski definition) is 13. The van der Waals surface area contributed by atoms with Crippen molar-refractivity contribution < 1.29 is 52.8 Å². The molecule has 0 unspecified atom stereocenters. The summed E-state index contributed by atoms with van der Waals surface area (Å²) >= 11 is 0. The number of nitrogens with zero attached hydrogens (tertiary/aromatic N) is 2. The van der Waals surface area contributed by atoms with Gasteiger partial charge in [-0.05, 0) is 93.5 Å². The Labute approximate surface area is 397 Å². The lowest BCUT2D eigenvalue weighted by atomic mass is 9.64. The molecule has 67 heavy (non-hydrogen) atoms. The Balaban J connectivity index is 0.000000231. The van der Waals surface area contributed by atoms with Gasteiger partial charge in [0, 0.05) is 76.1 Å². The van der Waals surface area contributed by atoms with Crippen molar-refractivity contribution in [3.8, 4) is 0 Å². The topological polar surface area (TPSA) is 203 Å². The molecule has 2 aromatic carbocycles. The van der Waals surface area contributed by atoms with Crippen molar-refractivity contribution in [1.82, 2.24) is 9.78 Å². The van der Waals surface area contributed by atoms with Crippen LogP contribution in [0.5, 0.6) is 0 Å². The average Bonchev–Trinajstić information content (AvgIpc) is 3.65. The molecule has 1 saturated carbocycles. The third-order valence-corrected chi connectivity index (χ3v) is 12.9. The number of aliphatic hydroxyl groups is 1. The van der Waals surface area contributed by atoms with Crippen LogP contribution in [0.3, 0.4) is 0 Å². The number of hydrogen-bond donors (Lipinski definition) is 2. The quantitative estimate of drug-likeness (QED) is 0.124. The Morgan fingerprint density at radius 1 is 0.731 bits per heavy atom. The van der Waals surface area contributed by atoms with Gasteiger partial charge in [-0.1, -0.05) is 77.9 Å². The predicted molar refractivity (Wildman–Crippen MR) is 255 cm³/mol. The number of ether oxygens (including phenoxy) is 4. The summed E-state index contributed by atoms with van der Waals surface area (Å²) in [6.45, 7) is 18.5. The number of rotatable bonds is 13. The van der Waals surface area contributed by atoms with Crippen LogP contribution < -0.4 is 5.73 Å². The Hall–Kier alpha value is -4.89. The minimum Gasteiger partial charge on any atom is -0.462 e. The molecule has 2 aliphatic carbocycles. The summed E-state index contributed by atoms with van der Waals surface area (Å²) in [6.07, 6.45) is 7.41. The van der Waals surface area contributed by atoms with E-state index < -0.39 is 5.92 Å². The van der Waals surface area contributed by atoms with E-state index in [4.69, 9.17) is 34.9 Å². The lowest BCUT2D eigenvalue weighted by molar-refractivity contribution is -0.148. The maximum absolute atomic E-state index is 13.1. The van der Waals surface area contributed by atoms with Gasteiger partial charge in [-0.2, -0.15) is 5.10 Å². The van der Waals surface area contributed by atoms with Crippen LogP contribution in [0.15, 0.2) is 60.7 Å². The zero-order valence-corrected chi connectivity index (χ0v) is 41.0.